The molecule has 82 valence electrons. The van der Waals surface area contributed by atoms with Gasteiger partial charge in [-0.2, -0.15) is 0 Å². The summed E-state index contributed by atoms with van der Waals surface area (Å²) >= 11 is 7.12. The Kier molecular flexibility index (Phi) is 3.22. The van der Waals surface area contributed by atoms with E-state index in [-0.39, 0.29) is 5.69 Å². The number of aromatic carboxylic acids is 1. The molecule has 5 heteroatoms. The van der Waals surface area contributed by atoms with Crippen LogP contribution in [0.25, 0.3) is 0 Å². The average Bonchev–Trinajstić information content (AvgIpc) is 2.70. The molecule has 0 aliphatic rings. The Bertz CT molecular complexity index is 507. The monoisotopic (exact) mass is 253 g/mol. The quantitative estimate of drug-likeness (QED) is 0.915. The molecule has 0 unspecified atom stereocenters. The number of aromatic nitrogens is 1. The van der Waals surface area contributed by atoms with E-state index < -0.39 is 5.97 Å². The van der Waals surface area contributed by atoms with Crippen LogP contribution in [0.4, 0.5) is 0 Å². The third-order valence-electron chi connectivity index (χ3n) is 2.04. The molecule has 0 spiro atoms. The van der Waals surface area contributed by atoms with Crippen molar-refractivity contribution in [3.05, 3.63) is 50.9 Å². The number of nitrogens with zero attached hydrogens (tertiary/aromatic N) is 1. The van der Waals surface area contributed by atoms with Crippen molar-refractivity contribution in [2.24, 2.45) is 0 Å². The van der Waals surface area contributed by atoms with Gasteiger partial charge in [-0.15, -0.1) is 11.3 Å². The molecule has 0 atom stereocenters. The topological polar surface area (TPSA) is 50.2 Å². The van der Waals surface area contributed by atoms with Gasteiger partial charge in [-0.3, -0.25) is 0 Å². The Balaban J connectivity index is 2.14. The molecule has 1 N–H and O–H groups in total. The minimum absolute atomic E-state index is 0.106. The number of hydrogen-bond donors (Lipinski definition) is 1. The summed E-state index contributed by atoms with van der Waals surface area (Å²) in [7, 11) is 0. The molecular weight excluding hydrogens is 246 g/mol. The van der Waals surface area contributed by atoms with Crippen LogP contribution in [-0.4, -0.2) is 16.1 Å². The molecule has 0 saturated carbocycles. The highest BCUT2D eigenvalue weighted by Gasteiger charge is 2.08. The number of benzene rings is 1. The molecule has 3 nitrogen and oxygen atoms in total. The first kappa shape index (κ1) is 11.1. The van der Waals surface area contributed by atoms with Crippen LogP contribution in [0.15, 0.2) is 29.6 Å². The number of hydrogen-bond acceptors (Lipinski definition) is 3. The Morgan fingerprint density at radius 1 is 1.38 bits per heavy atom. The van der Waals surface area contributed by atoms with Crippen molar-refractivity contribution in [2.75, 3.05) is 0 Å². The predicted molar refractivity (Wildman–Crippen MR) is 63.3 cm³/mol. The number of rotatable bonds is 3. The summed E-state index contributed by atoms with van der Waals surface area (Å²) in [5, 5.41) is 11.8. The van der Waals surface area contributed by atoms with Crippen molar-refractivity contribution in [1.29, 1.82) is 0 Å². The van der Waals surface area contributed by atoms with Gasteiger partial charge >= 0.3 is 5.97 Å². The van der Waals surface area contributed by atoms with Gasteiger partial charge in [-0.05, 0) is 17.7 Å². The minimum atomic E-state index is -0.987. The maximum Gasteiger partial charge on any atom is 0.355 e. The van der Waals surface area contributed by atoms with Gasteiger partial charge in [0.05, 0.1) is 5.01 Å². The lowest BCUT2D eigenvalue weighted by atomic mass is 10.2. The standard InChI is InChI=1S/C11H8ClNO2S/c12-8-3-1-7(2-4-8)5-10-13-9(6-16-10)11(14)15/h1-4,6H,5H2,(H,14,15). The highest BCUT2D eigenvalue weighted by atomic mass is 35.5. The Labute approximate surface area is 101 Å². The SMILES string of the molecule is O=C(O)c1csc(Cc2ccc(Cl)cc2)n1. The molecule has 0 bridgehead atoms. The van der Waals surface area contributed by atoms with Crippen molar-refractivity contribution in [3.63, 3.8) is 0 Å². The van der Waals surface area contributed by atoms with Crippen LogP contribution in [0.5, 0.6) is 0 Å². The van der Waals surface area contributed by atoms with Crippen molar-refractivity contribution >= 4 is 28.9 Å². The van der Waals surface area contributed by atoms with Gasteiger partial charge in [-0.1, -0.05) is 23.7 Å². The molecule has 1 aromatic heterocycles. The van der Waals surface area contributed by atoms with Crippen molar-refractivity contribution in [3.8, 4) is 0 Å². The third-order valence-corrected chi connectivity index (χ3v) is 3.14. The first-order valence-corrected chi connectivity index (χ1v) is 5.83. The number of carboxylic acids is 1. The van der Waals surface area contributed by atoms with Gasteiger partial charge in [0.25, 0.3) is 0 Å². The lowest BCUT2D eigenvalue weighted by Gasteiger charge is -1.97. The lowest BCUT2D eigenvalue weighted by molar-refractivity contribution is 0.0691. The molecular formula is C11H8ClNO2S. The van der Waals surface area contributed by atoms with E-state index >= 15 is 0 Å². The van der Waals surface area contributed by atoms with Crippen LogP contribution < -0.4 is 0 Å². The zero-order valence-corrected chi connectivity index (χ0v) is 9.76. The van der Waals surface area contributed by atoms with Crippen LogP contribution in [0.2, 0.25) is 5.02 Å². The smallest absolute Gasteiger partial charge is 0.355 e. The first-order valence-electron chi connectivity index (χ1n) is 4.57. The Morgan fingerprint density at radius 3 is 2.62 bits per heavy atom. The third kappa shape index (κ3) is 2.59. The fourth-order valence-corrected chi connectivity index (χ4v) is 2.20. The molecule has 2 aromatic rings. The van der Waals surface area contributed by atoms with Gasteiger partial charge in [0.2, 0.25) is 0 Å². The van der Waals surface area contributed by atoms with Crippen LogP contribution in [0, 0.1) is 0 Å². The van der Waals surface area contributed by atoms with Crippen LogP contribution in [0.1, 0.15) is 21.1 Å². The summed E-state index contributed by atoms with van der Waals surface area (Å²) in [6.07, 6.45) is 0.634. The maximum absolute atomic E-state index is 10.6. The summed E-state index contributed by atoms with van der Waals surface area (Å²) in [4.78, 5) is 14.7. The van der Waals surface area contributed by atoms with Crippen molar-refractivity contribution in [2.45, 2.75) is 6.42 Å². The summed E-state index contributed by atoms with van der Waals surface area (Å²) in [5.74, 6) is -0.987. The molecule has 0 saturated heterocycles. The lowest BCUT2D eigenvalue weighted by Crippen LogP contribution is -1.96. The molecule has 1 heterocycles. The van der Waals surface area contributed by atoms with E-state index in [1.807, 2.05) is 24.3 Å². The zero-order valence-electron chi connectivity index (χ0n) is 8.18. The second-order valence-electron chi connectivity index (χ2n) is 3.23. The predicted octanol–water partition coefficient (Wildman–Crippen LogP) is 3.09. The summed E-state index contributed by atoms with van der Waals surface area (Å²) in [5.41, 5.74) is 1.17. The molecule has 0 amide bonds. The second-order valence-corrected chi connectivity index (χ2v) is 4.61. The number of halogens is 1. The summed E-state index contributed by atoms with van der Waals surface area (Å²) in [6, 6.07) is 7.43. The highest BCUT2D eigenvalue weighted by Crippen LogP contribution is 2.16. The molecule has 0 aliphatic carbocycles. The fourth-order valence-electron chi connectivity index (χ4n) is 1.27. The second kappa shape index (κ2) is 4.63. The molecule has 16 heavy (non-hydrogen) atoms. The van der Waals surface area contributed by atoms with E-state index in [9.17, 15) is 4.79 Å². The maximum atomic E-state index is 10.6. The normalized spacial score (nSPS) is 10.3. The average molecular weight is 254 g/mol. The molecule has 0 fully saturated rings. The fraction of sp³-hybridized carbons (Fsp3) is 0.0909. The van der Waals surface area contributed by atoms with Gasteiger partial charge < -0.3 is 5.11 Å². The number of thiazole rings is 1. The van der Waals surface area contributed by atoms with E-state index in [2.05, 4.69) is 4.98 Å². The van der Waals surface area contributed by atoms with Crippen LogP contribution in [0.3, 0.4) is 0 Å². The molecule has 0 aliphatic heterocycles. The van der Waals surface area contributed by atoms with Gasteiger partial charge in [0.15, 0.2) is 5.69 Å². The first-order chi connectivity index (χ1) is 7.65. The van der Waals surface area contributed by atoms with Gasteiger partial charge in [0, 0.05) is 16.8 Å². The van der Waals surface area contributed by atoms with E-state index in [0.29, 0.717) is 11.4 Å². The van der Waals surface area contributed by atoms with Crippen molar-refractivity contribution < 1.29 is 9.90 Å². The zero-order chi connectivity index (χ0) is 11.5. The van der Waals surface area contributed by atoms with Gasteiger partial charge in [0.1, 0.15) is 0 Å². The highest BCUT2D eigenvalue weighted by molar-refractivity contribution is 7.09. The van der Waals surface area contributed by atoms with Crippen molar-refractivity contribution in [1.82, 2.24) is 4.98 Å². The van der Waals surface area contributed by atoms with Crippen LogP contribution >= 0.6 is 22.9 Å². The molecule has 0 radical (unpaired) electrons. The van der Waals surface area contributed by atoms with E-state index in [4.69, 9.17) is 16.7 Å². The Morgan fingerprint density at radius 2 is 2.06 bits per heavy atom. The molecule has 1 aromatic carbocycles. The Hall–Kier alpha value is -1.39. The van der Waals surface area contributed by atoms with E-state index in [1.54, 1.807) is 5.38 Å². The summed E-state index contributed by atoms with van der Waals surface area (Å²) < 4.78 is 0. The number of carbonyl (C=O) groups is 1. The largest absolute Gasteiger partial charge is 0.476 e. The van der Waals surface area contributed by atoms with Crippen LogP contribution in [-0.2, 0) is 6.42 Å². The summed E-state index contributed by atoms with van der Waals surface area (Å²) in [6.45, 7) is 0. The molecule has 2 rings (SSSR count). The van der Waals surface area contributed by atoms with E-state index in [1.165, 1.54) is 11.3 Å². The minimum Gasteiger partial charge on any atom is -0.476 e. The van der Waals surface area contributed by atoms with E-state index in [0.717, 1.165) is 10.6 Å². The van der Waals surface area contributed by atoms with Gasteiger partial charge in [-0.25, -0.2) is 9.78 Å². The number of carboxylic acid groups (broad SMARTS) is 1.